The molecule has 0 aliphatic rings. The van der Waals surface area contributed by atoms with Crippen molar-refractivity contribution < 1.29 is 9.53 Å². The number of anilines is 1. The fraction of sp³-hybridized carbons (Fsp3) is 0.176. The number of hydrogen-bond donors (Lipinski definition) is 1. The van der Waals surface area contributed by atoms with E-state index in [0.717, 1.165) is 21.9 Å². The van der Waals surface area contributed by atoms with Crippen LogP contribution in [0.25, 0.3) is 10.6 Å². The van der Waals surface area contributed by atoms with Gasteiger partial charge in [0.15, 0.2) is 0 Å². The van der Waals surface area contributed by atoms with E-state index in [4.69, 9.17) is 4.74 Å². The number of amides is 1. The lowest BCUT2D eigenvalue weighted by Gasteiger charge is -2.09. The lowest BCUT2D eigenvalue weighted by molar-refractivity contribution is -0.117. The van der Waals surface area contributed by atoms with Gasteiger partial charge in [0.05, 0.1) is 13.0 Å². The zero-order chi connectivity index (χ0) is 16.9. The molecule has 1 amide bonds. The van der Waals surface area contributed by atoms with E-state index in [9.17, 15) is 4.79 Å². The van der Waals surface area contributed by atoms with Crippen LogP contribution in [-0.4, -0.2) is 28.2 Å². The number of pyridine rings is 1. The van der Waals surface area contributed by atoms with Gasteiger partial charge in [-0.05, 0) is 42.8 Å². The summed E-state index contributed by atoms with van der Waals surface area (Å²) < 4.78 is 5.14. The molecule has 0 aliphatic carbocycles. The summed E-state index contributed by atoms with van der Waals surface area (Å²) in [5.41, 5.74) is 1.78. The second kappa shape index (κ2) is 7.18. The zero-order valence-corrected chi connectivity index (χ0v) is 14.1. The summed E-state index contributed by atoms with van der Waals surface area (Å²) in [6, 6.07) is 11.2. The van der Waals surface area contributed by atoms with Crippen LogP contribution in [-0.2, 0) is 4.79 Å². The minimum absolute atomic E-state index is 0.138. The second-order valence-corrected chi connectivity index (χ2v) is 6.12. The monoisotopic (exact) mass is 340 g/mol. The number of nitrogens with one attached hydrogen (secondary N) is 1. The topological polar surface area (TPSA) is 77.0 Å². The van der Waals surface area contributed by atoms with Gasteiger partial charge in [-0.15, -0.1) is 10.2 Å². The van der Waals surface area contributed by atoms with Crippen molar-refractivity contribution in [2.45, 2.75) is 12.8 Å². The number of benzene rings is 1. The summed E-state index contributed by atoms with van der Waals surface area (Å²) in [5.74, 6) is 0.328. The van der Waals surface area contributed by atoms with Gasteiger partial charge in [-0.1, -0.05) is 17.4 Å². The molecule has 2 heterocycles. The number of methoxy groups -OCH3 is 1. The van der Waals surface area contributed by atoms with Gasteiger partial charge < -0.3 is 4.74 Å². The number of nitrogens with zero attached hydrogens (tertiary/aromatic N) is 3. The number of aromatic nitrogens is 3. The maximum Gasteiger partial charge on any atom is 0.233 e. The highest BCUT2D eigenvalue weighted by atomic mass is 32.1. The van der Waals surface area contributed by atoms with Crippen LogP contribution in [0.2, 0.25) is 0 Å². The highest BCUT2D eigenvalue weighted by Crippen LogP contribution is 2.28. The van der Waals surface area contributed by atoms with Crippen molar-refractivity contribution in [1.82, 2.24) is 15.2 Å². The Morgan fingerprint density at radius 3 is 2.67 bits per heavy atom. The molecule has 0 bridgehead atoms. The third-order valence-corrected chi connectivity index (χ3v) is 4.46. The molecular weight excluding hydrogens is 324 g/mol. The first kappa shape index (κ1) is 16.1. The predicted octanol–water partition coefficient (Wildman–Crippen LogP) is 3.35. The molecule has 1 aromatic carbocycles. The first-order valence-electron chi connectivity index (χ1n) is 7.36. The van der Waals surface area contributed by atoms with Crippen molar-refractivity contribution >= 4 is 22.4 Å². The maximum absolute atomic E-state index is 12.3. The van der Waals surface area contributed by atoms with Crippen LogP contribution < -0.4 is 10.1 Å². The minimum atomic E-state index is -0.313. The summed E-state index contributed by atoms with van der Waals surface area (Å²) in [5, 5.41) is 12.2. The summed E-state index contributed by atoms with van der Waals surface area (Å²) in [4.78, 5) is 16.4. The SMILES string of the molecule is COc1ccc(-c2nnc(NC(=O)C(C)c3cccnc3)s2)cc1. The normalized spacial score (nSPS) is 11.8. The molecule has 1 N–H and O–H groups in total. The summed E-state index contributed by atoms with van der Waals surface area (Å²) in [6.45, 7) is 1.83. The van der Waals surface area contributed by atoms with Gasteiger partial charge in [-0.25, -0.2) is 0 Å². The molecule has 7 heteroatoms. The minimum Gasteiger partial charge on any atom is -0.497 e. The number of carbonyl (C=O) groups excluding carboxylic acids is 1. The molecule has 1 unspecified atom stereocenters. The van der Waals surface area contributed by atoms with Gasteiger partial charge in [0.2, 0.25) is 11.0 Å². The standard InChI is InChI=1S/C17H16N4O2S/c1-11(13-4-3-9-18-10-13)15(22)19-17-21-20-16(24-17)12-5-7-14(23-2)8-6-12/h3-11H,1-2H3,(H,19,21,22). The van der Waals surface area contributed by atoms with Crippen molar-refractivity contribution in [3.8, 4) is 16.3 Å². The van der Waals surface area contributed by atoms with Crippen molar-refractivity contribution in [2.75, 3.05) is 12.4 Å². The third-order valence-electron chi connectivity index (χ3n) is 3.57. The Bertz CT molecular complexity index is 818. The molecule has 0 fully saturated rings. The predicted molar refractivity (Wildman–Crippen MR) is 93.2 cm³/mol. The Kier molecular flexibility index (Phi) is 4.81. The van der Waals surface area contributed by atoms with E-state index in [1.807, 2.05) is 43.3 Å². The Labute approximate surface area is 143 Å². The number of hydrogen-bond acceptors (Lipinski definition) is 6. The molecule has 2 aromatic heterocycles. The Hall–Kier alpha value is -2.80. The van der Waals surface area contributed by atoms with Gasteiger partial charge >= 0.3 is 0 Å². The van der Waals surface area contributed by atoms with Gasteiger partial charge in [0.1, 0.15) is 10.8 Å². The highest BCUT2D eigenvalue weighted by Gasteiger charge is 2.17. The number of ether oxygens (including phenoxy) is 1. The zero-order valence-electron chi connectivity index (χ0n) is 13.3. The first-order valence-corrected chi connectivity index (χ1v) is 8.17. The van der Waals surface area contributed by atoms with E-state index in [1.54, 1.807) is 19.5 Å². The summed E-state index contributed by atoms with van der Waals surface area (Å²) in [7, 11) is 1.62. The van der Waals surface area contributed by atoms with E-state index in [0.29, 0.717) is 5.13 Å². The Morgan fingerprint density at radius 1 is 1.21 bits per heavy atom. The molecule has 3 rings (SSSR count). The second-order valence-electron chi connectivity index (χ2n) is 5.14. The van der Waals surface area contributed by atoms with Crippen LogP contribution in [0.1, 0.15) is 18.4 Å². The van der Waals surface area contributed by atoms with E-state index in [1.165, 1.54) is 11.3 Å². The summed E-state index contributed by atoms with van der Waals surface area (Å²) >= 11 is 1.33. The summed E-state index contributed by atoms with van der Waals surface area (Å²) in [6.07, 6.45) is 3.37. The Morgan fingerprint density at radius 2 is 2.00 bits per heavy atom. The fourth-order valence-corrected chi connectivity index (χ4v) is 2.87. The van der Waals surface area contributed by atoms with Gasteiger partial charge in [-0.3, -0.25) is 15.1 Å². The van der Waals surface area contributed by atoms with Crippen molar-refractivity contribution in [3.05, 3.63) is 54.4 Å². The van der Waals surface area contributed by atoms with Crippen molar-refractivity contribution in [2.24, 2.45) is 0 Å². The van der Waals surface area contributed by atoms with Crippen molar-refractivity contribution in [3.63, 3.8) is 0 Å². The van der Waals surface area contributed by atoms with E-state index in [2.05, 4.69) is 20.5 Å². The average molecular weight is 340 g/mol. The molecule has 0 aliphatic heterocycles. The van der Waals surface area contributed by atoms with Gasteiger partial charge in [0, 0.05) is 18.0 Å². The smallest absolute Gasteiger partial charge is 0.233 e. The van der Waals surface area contributed by atoms with Crippen LogP contribution in [0.3, 0.4) is 0 Å². The van der Waals surface area contributed by atoms with Crippen LogP contribution in [0.15, 0.2) is 48.8 Å². The molecule has 122 valence electrons. The van der Waals surface area contributed by atoms with Gasteiger partial charge in [-0.2, -0.15) is 0 Å². The fourth-order valence-electron chi connectivity index (χ4n) is 2.12. The number of carbonyl (C=O) groups is 1. The molecule has 0 saturated heterocycles. The molecule has 1 atom stereocenters. The molecule has 6 nitrogen and oxygen atoms in total. The molecule has 3 aromatic rings. The quantitative estimate of drug-likeness (QED) is 0.771. The average Bonchev–Trinajstić information content (AvgIpc) is 3.10. The maximum atomic E-state index is 12.3. The van der Waals surface area contributed by atoms with Crippen molar-refractivity contribution in [1.29, 1.82) is 0 Å². The molecule has 0 saturated carbocycles. The first-order chi connectivity index (χ1) is 11.7. The highest BCUT2D eigenvalue weighted by molar-refractivity contribution is 7.18. The van der Waals surface area contributed by atoms with Crippen LogP contribution in [0.5, 0.6) is 5.75 Å². The lowest BCUT2D eigenvalue weighted by atomic mass is 10.0. The molecule has 0 radical (unpaired) electrons. The number of rotatable bonds is 5. The van der Waals surface area contributed by atoms with E-state index in [-0.39, 0.29) is 11.8 Å². The molecule has 24 heavy (non-hydrogen) atoms. The Balaban J connectivity index is 1.70. The van der Waals surface area contributed by atoms with Crippen LogP contribution >= 0.6 is 11.3 Å². The van der Waals surface area contributed by atoms with E-state index < -0.39 is 0 Å². The van der Waals surface area contributed by atoms with Gasteiger partial charge in [0.25, 0.3) is 0 Å². The van der Waals surface area contributed by atoms with Crippen LogP contribution in [0.4, 0.5) is 5.13 Å². The molecular formula is C17H16N4O2S. The largest absolute Gasteiger partial charge is 0.497 e. The van der Waals surface area contributed by atoms with Crippen LogP contribution in [0, 0.1) is 0 Å². The molecule has 0 spiro atoms. The van der Waals surface area contributed by atoms with E-state index >= 15 is 0 Å². The third kappa shape index (κ3) is 3.57. The lowest BCUT2D eigenvalue weighted by Crippen LogP contribution is -2.18.